The second-order valence-electron chi connectivity index (χ2n) is 13.4. The summed E-state index contributed by atoms with van der Waals surface area (Å²) in [5.74, 6) is -4.10. The molecule has 2 aliphatic rings. The van der Waals surface area contributed by atoms with Gasteiger partial charge >= 0.3 is 18.2 Å². The zero-order valence-electron chi connectivity index (χ0n) is 29.7. The number of carbonyl (C=O) groups is 4. The van der Waals surface area contributed by atoms with E-state index in [2.05, 4.69) is 15.3 Å². The highest BCUT2D eigenvalue weighted by Crippen LogP contribution is 2.49. The van der Waals surface area contributed by atoms with Crippen molar-refractivity contribution in [1.29, 1.82) is 0 Å². The molecule has 0 saturated carbocycles. The molecule has 2 atom stereocenters. The number of anilines is 2. The van der Waals surface area contributed by atoms with E-state index in [-0.39, 0.29) is 54.8 Å². The van der Waals surface area contributed by atoms with Crippen LogP contribution in [0.5, 0.6) is 11.5 Å². The molecule has 3 aromatic carbocycles. The number of fused-ring (bicyclic) bond motifs is 5. The first-order chi connectivity index (χ1) is 27.3. The molecule has 3 aromatic heterocycles. The van der Waals surface area contributed by atoms with Crippen molar-refractivity contribution in [3.63, 3.8) is 0 Å². The predicted octanol–water partition coefficient (Wildman–Crippen LogP) is 6.55. The van der Waals surface area contributed by atoms with E-state index in [1.54, 1.807) is 42.5 Å². The molecule has 0 bridgehead atoms. The van der Waals surface area contributed by atoms with E-state index < -0.39 is 76.6 Å². The fourth-order valence-corrected chi connectivity index (χ4v) is 7.61. The van der Waals surface area contributed by atoms with E-state index in [1.165, 1.54) is 29.0 Å². The highest BCUT2D eigenvalue weighted by molar-refractivity contribution is 6.20. The number of nitrogens with zero attached hydrogens (tertiary/aromatic N) is 2. The molecule has 5 N–H and O–H groups in total. The molecule has 19 heteroatoms. The van der Waals surface area contributed by atoms with Crippen LogP contribution >= 0.6 is 11.6 Å². The lowest BCUT2D eigenvalue weighted by molar-refractivity contribution is -0.141. The SMILES string of the molecule is COc1cccc2cc(C(=O)Nc3ccc4[nH]c(C(=O)N5C[C@@H](CCl)c6c5cc(OC(=O)N5CCOC(CO)C5)c5[nH]c(C(F)(F)F)c(C(=O)O)c65)cc4c3)oc12. The number of morpholine rings is 1. The van der Waals surface area contributed by atoms with Crippen LogP contribution in [0, 0.1) is 0 Å². The van der Waals surface area contributed by atoms with Gasteiger partial charge in [-0.2, -0.15) is 13.2 Å². The number of aliphatic hydroxyl groups is 1. The second-order valence-corrected chi connectivity index (χ2v) is 13.7. The van der Waals surface area contributed by atoms with Crippen LogP contribution in [0.2, 0.25) is 0 Å². The number of para-hydroxylation sites is 1. The number of furan rings is 1. The zero-order chi connectivity index (χ0) is 40.3. The molecule has 57 heavy (non-hydrogen) atoms. The van der Waals surface area contributed by atoms with Gasteiger partial charge in [-0.25, -0.2) is 9.59 Å². The number of carboxylic acids is 1. The van der Waals surface area contributed by atoms with E-state index >= 15 is 0 Å². The van der Waals surface area contributed by atoms with Crippen LogP contribution in [0.15, 0.2) is 59.0 Å². The maximum atomic E-state index is 14.4. The molecule has 1 fully saturated rings. The van der Waals surface area contributed by atoms with Gasteiger partial charge in [0.05, 0.1) is 49.7 Å². The molecule has 2 aliphatic heterocycles. The fourth-order valence-electron chi connectivity index (χ4n) is 7.36. The highest BCUT2D eigenvalue weighted by atomic mass is 35.5. The number of halogens is 4. The minimum atomic E-state index is -5.16. The number of nitrogens with one attached hydrogen (secondary N) is 3. The smallest absolute Gasteiger partial charge is 0.432 e. The summed E-state index contributed by atoms with van der Waals surface area (Å²) in [5, 5.41) is 23.2. The number of hydrogen-bond donors (Lipinski definition) is 5. The Kier molecular flexibility index (Phi) is 9.49. The maximum Gasteiger partial charge on any atom is 0.432 e. The maximum absolute atomic E-state index is 14.4. The molecule has 5 heterocycles. The molecule has 8 rings (SSSR count). The largest absolute Gasteiger partial charge is 0.493 e. The number of alkyl halides is 4. The number of carbonyl (C=O) groups excluding carboxylic acids is 3. The standard InChI is InChI=1S/C38H31ClF3N5O10/c1-54-25-4-2-3-17-11-27(56-32(17)25)34(49)43-20-5-6-22-18(9-20)10-23(44-22)35(50)47-14-19(13-39)28-24(47)12-26(57-37(53)46-7-8-55-21(15-46)16-48)31-29(28)30(36(51)52)33(45-31)38(40,41)42/h2-6,9-12,19,21,44-45,48H,7-8,13-16H2,1H3,(H,43,49)(H,51,52)/t19-,21?/m1/s1. The summed E-state index contributed by atoms with van der Waals surface area (Å²) in [4.78, 5) is 60.9. The van der Waals surface area contributed by atoms with Crippen LogP contribution in [0.25, 0.3) is 32.8 Å². The van der Waals surface area contributed by atoms with Crippen LogP contribution in [-0.4, -0.2) is 101 Å². The highest BCUT2D eigenvalue weighted by Gasteiger charge is 2.44. The van der Waals surface area contributed by atoms with Crippen molar-refractivity contribution < 1.29 is 61.2 Å². The lowest BCUT2D eigenvalue weighted by atomic mass is 9.95. The Morgan fingerprint density at radius 2 is 1.84 bits per heavy atom. The third-order valence-corrected chi connectivity index (χ3v) is 10.3. The number of benzene rings is 3. The van der Waals surface area contributed by atoms with Crippen molar-refractivity contribution in [3.8, 4) is 11.5 Å². The van der Waals surface area contributed by atoms with Crippen LogP contribution < -0.4 is 19.7 Å². The van der Waals surface area contributed by atoms with Gasteiger partial charge in [0, 0.05) is 58.3 Å². The Bertz CT molecular complexity index is 2620. The number of amides is 3. The molecule has 0 spiro atoms. The van der Waals surface area contributed by atoms with Crippen molar-refractivity contribution in [2.75, 3.05) is 56.1 Å². The summed E-state index contributed by atoms with van der Waals surface area (Å²) < 4.78 is 65.1. The molecule has 1 unspecified atom stereocenters. The van der Waals surface area contributed by atoms with Crippen molar-refractivity contribution in [2.45, 2.75) is 18.2 Å². The summed E-state index contributed by atoms with van der Waals surface area (Å²) in [6.45, 7) is -0.543. The Labute approximate surface area is 323 Å². The number of aromatic nitrogens is 2. The van der Waals surface area contributed by atoms with E-state index in [1.807, 2.05) is 0 Å². The number of aromatic amines is 2. The number of rotatable bonds is 8. The molecule has 15 nitrogen and oxygen atoms in total. The van der Waals surface area contributed by atoms with E-state index in [4.69, 9.17) is 30.2 Å². The zero-order valence-corrected chi connectivity index (χ0v) is 30.4. The number of hydrogen-bond acceptors (Lipinski definition) is 9. The Morgan fingerprint density at radius 3 is 2.56 bits per heavy atom. The first-order valence-electron chi connectivity index (χ1n) is 17.4. The van der Waals surface area contributed by atoms with Crippen molar-refractivity contribution >= 4 is 79.6 Å². The van der Waals surface area contributed by atoms with Crippen molar-refractivity contribution in [2.24, 2.45) is 0 Å². The lowest BCUT2D eigenvalue weighted by Gasteiger charge is -2.31. The van der Waals surface area contributed by atoms with Gasteiger partial charge in [-0.3, -0.25) is 9.59 Å². The molecule has 1 saturated heterocycles. The van der Waals surface area contributed by atoms with Gasteiger partial charge in [0.2, 0.25) is 0 Å². The monoisotopic (exact) mass is 809 g/mol. The number of carboxylic acid groups (broad SMARTS) is 1. The fraction of sp³-hybridized carbons (Fsp3) is 0.263. The molecular weight excluding hydrogens is 779 g/mol. The van der Waals surface area contributed by atoms with Crippen LogP contribution in [0.1, 0.15) is 48.6 Å². The molecule has 296 valence electrons. The minimum absolute atomic E-state index is 0.0135. The van der Waals surface area contributed by atoms with Gasteiger partial charge in [-0.1, -0.05) is 12.1 Å². The Morgan fingerprint density at radius 1 is 1.04 bits per heavy atom. The van der Waals surface area contributed by atoms with Gasteiger partial charge in [0.1, 0.15) is 11.4 Å². The van der Waals surface area contributed by atoms with Crippen LogP contribution in [0.4, 0.5) is 29.3 Å². The summed E-state index contributed by atoms with van der Waals surface area (Å²) >= 11 is 6.34. The van der Waals surface area contributed by atoms with Crippen molar-refractivity contribution in [3.05, 3.63) is 82.9 Å². The normalized spacial score (nSPS) is 17.0. The molecule has 3 amide bonds. The average molecular weight is 810 g/mol. The topological polar surface area (TPSA) is 200 Å². The van der Waals surface area contributed by atoms with Crippen LogP contribution in [-0.2, 0) is 10.9 Å². The van der Waals surface area contributed by atoms with Gasteiger partial charge in [-0.15, -0.1) is 11.6 Å². The summed E-state index contributed by atoms with van der Waals surface area (Å²) in [6, 6.07) is 14.4. The molecule has 6 aromatic rings. The first kappa shape index (κ1) is 37.7. The number of H-pyrrole nitrogens is 2. The third-order valence-electron chi connectivity index (χ3n) is 9.95. The summed E-state index contributed by atoms with van der Waals surface area (Å²) in [5.41, 5.74) is -1.76. The molecular formula is C38H31ClF3N5O10. The van der Waals surface area contributed by atoms with Gasteiger partial charge < -0.3 is 53.9 Å². The number of ether oxygens (including phenoxy) is 3. The number of aromatic carboxylic acids is 1. The van der Waals surface area contributed by atoms with E-state index in [9.17, 15) is 42.6 Å². The number of aliphatic hydroxyl groups excluding tert-OH is 1. The summed E-state index contributed by atoms with van der Waals surface area (Å²) in [6.07, 6.45) is -6.89. The third kappa shape index (κ3) is 6.64. The van der Waals surface area contributed by atoms with Gasteiger partial charge in [0.15, 0.2) is 22.8 Å². The van der Waals surface area contributed by atoms with E-state index in [0.29, 0.717) is 33.3 Å². The average Bonchev–Trinajstić information content (AvgIpc) is 3.99. The molecule has 0 radical (unpaired) electrons. The second kappa shape index (κ2) is 14.4. The van der Waals surface area contributed by atoms with E-state index in [0.717, 1.165) is 0 Å². The first-order valence-corrected chi connectivity index (χ1v) is 17.9. The van der Waals surface area contributed by atoms with Crippen molar-refractivity contribution in [1.82, 2.24) is 14.9 Å². The lowest BCUT2D eigenvalue weighted by Crippen LogP contribution is -2.47. The number of methoxy groups -OCH3 is 1. The minimum Gasteiger partial charge on any atom is -0.493 e. The Balaban J connectivity index is 1.15. The molecule has 0 aliphatic carbocycles. The summed E-state index contributed by atoms with van der Waals surface area (Å²) in [7, 11) is 1.49. The predicted molar refractivity (Wildman–Crippen MR) is 199 cm³/mol. The Hall–Kier alpha value is -6.24. The quantitative estimate of drug-likeness (QED) is 0.105. The van der Waals surface area contributed by atoms with Crippen LogP contribution in [0.3, 0.4) is 0 Å². The van der Waals surface area contributed by atoms with Gasteiger partial charge in [0.25, 0.3) is 11.8 Å². The van der Waals surface area contributed by atoms with Gasteiger partial charge in [-0.05, 0) is 42.0 Å².